The van der Waals surface area contributed by atoms with Crippen LogP contribution in [0.2, 0.25) is 9.44 Å². The van der Waals surface area contributed by atoms with Crippen molar-refractivity contribution in [1.82, 2.24) is 0 Å². The molecule has 0 aromatic rings. The molecule has 12 heavy (non-hydrogen) atoms. The van der Waals surface area contributed by atoms with Gasteiger partial charge in [0.2, 0.25) is 0 Å². The van der Waals surface area contributed by atoms with E-state index in [1.54, 1.807) is 6.08 Å². The summed E-state index contributed by atoms with van der Waals surface area (Å²) in [5, 5.41) is 0. The molecule has 0 unspecified atom stereocenters. The van der Waals surface area contributed by atoms with Crippen LogP contribution in [-0.4, -0.2) is 34.2 Å². The Hall–Kier alpha value is -0.0404. The maximum atomic E-state index is 10.5. The molecule has 0 fully saturated rings. The van der Waals surface area contributed by atoms with Crippen LogP contribution in [0.5, 0.6) is 0 Å². The second-order valence-corrected chi connectivity index (χ2v) is 5.92. The molecular weight excluding hydrogens is 288 g/mol. The number of allylic oxidation sites excluding steroid dienone is 4. The Labute approximate surface area is 84.0 Å². The van der Waals surface area contributed by atoms with E-state index in [4.69, 9.17) is 0 Å². The van der Waals surface area contributed by atoms with Crippen LogP contribution in [0.3, 0.4) is 0 Å². The zero-order valence-electron chi connectivity index (χ0n) is 6.78. The Morgan fingerprint density at radius 2 is 2.25 bits per heavy atom. The van der Waals surface area contributed by atoms with Crippen molar-refractivity contribution in [2.45, 2.75) is 15.9 Å². The Morgan fingerprint density at radius 1 is 1.50 bits per heavy atom. The first kappa shape index (κ1) is 10.0. The van der Waals surface area contributed by atoms with Crippen molar-refractivity contribution >= 4 is 36.1 Å². The third-order valence-corrected chi connectivity index (χ3v) is 4.08. The summed E-state index contributed by atoms with van der Waals surface area (Å²) >= 11 is 0.117. The van der Waals surface area contributed by atoms with E-state index in [-0.39, 0.29) is 20.9 Å². The molecule has 0 spiro atoms. The van der Waals surface area contributed by atoms with Crippen LogP contribution in [0.15, 0.2) is 23.8 Å². The van der Waals surface area contributed by atoms with Gasteiger partial charge in [-0.25, -0.2) is 0 Å². The van der Waals surface area contributed by atoms with Crippen LogP contribution in [0, 0.1) is 0 Å². The van der Waals surface area contributed by atoms with Gasteiger partial charge in [-0.2, -0.15) is 0 Å². The van der Waals surface area contributed by atoms with E-state index in [1.807, 2.05) is 12.2 Å². The first-order chi connectivity index (χ1) is 5.74. The summed E-state index contributed by atoms with van der Waals surface area (Å²) in [4.78, 5) is 2.74. The Bertz CT molecular complexity index is 341. The van der Waals surface area contributed by atoms with Gasteiger partial charge >= 0.3 is 84.2 Å². The van der Waals surface area contributed by atoms with Gasteiger partial charge in [-0.15, -0.1) is 0 Å². The quantitative estimate of drug-likeness (QED) is 0.565. The topological polar surface area (TPSA) is 34.1 Å². The Kier molecular flexibility index (Phi) is 4.07. The molecule has 0 radical (unpaired) electrons. The molecule has 0 aromatic heterocycles. The van der Waals surface area contributed by atoms with Crippen molar-refractivity contribution < 1.29 is 8.42 Å². The van der Waals surface area contributed by atoms with Crippen LogP contribution in [0.4, 0.5) is 0 Å². The molecule has 0 atom stereocenters. The molecule has 0 saturated heterocycles. The average molecular weight is 298 g/mol. The predicted molar refractivity (Wildman–Crippen MR) is 52.2 cm³/mol. The fourth-order valence-electron chi connectivity index (χ4n) is 0.965. The monoisotopic (exact) mass is 300 g/mol. The molecule has 0 bridgehead atoms. The van der Waals surface area contributed by atoms with Crippen molar-refractivity contribution in [3.05, 3.63) is 23.8 Å². The van der Waals surface area contributed by atoms with Crippen LogP contribution in [-0.2, 0) is 10.3 Å². The van der Waals surface area contributed by atoms with Crippen molar-refractivity contribution in [2.75, 3.05) is 0 Å². The molecule has 1 aliphatic rings. The van der Waals surface area contributed by atoms with Crippen molar-refractivity contribution in [2.24, 2.45) is 0 Å². The normalized spacial score (nSPS) is 16.1. The van der Waals surface area contributed by atoms with Gasteiger partial charge in [-0.05, 0) is 0 Å². The standard InChI is InChI=1S/C8H10O2STe/c1-12-6-7-2-4-8(5-3-7)11(9)10/h2-4H,5-6H2,1H3. The summed E-state index contributed by atoms with van der Waals surface area (Å²) in [7, 11) is -2.02. The molecular formula is C8H10O2STe. The van der Waals surface area contributed by atoms with Gasteiger partial charge in [-0.3, -0.25) is 0 Å². The first-order valence-electron chi connectivity index (χ1n) is 3.55. The van der Waals surface area contributed by atoms with Crippen molar-refractivity contribution in [3.63, 3.8) is 0 Å². The van der Waals surface area contributed by atoms with Crippen LogP contribution in [0.1, 0.15) is 6.42 Å². The van der Waals surface area contributed by atoms with Gasteiger partial charge in [0.15, 0.2) is 0 Å². The minimum atomic E-state index is -2.02. The zero-order chi connectivity index (χ0) is 8.97. The molecule has 0 amide bonds. The van der Waals surface area contributed by atoms with E-state index >= 15 is 0 Å². The van der Waals surface area contributed by atoms with Crippen LogP contribution in [0.25, 0.3) is 0 Å². The zero-order valence-corrected chi connectivity index (χ0v) is 9.93. The van der Waals surface area contributed by atoms with E-state index in [0.29, 0.717) is 11.3 Å². The predicted octanol–water partition coefficient (Wildman–Crippen LogP) is 1.09. The minimum absolute atomic E-state index is 0.117. The molecule has 0 N–H and O–H groups in total. The molecule has 0 saturated carbocycles. The van der Waals surface area contributed by atoms with Gasteiger partial charge in [0.25, 0.3) is 0 Å². The summed E-state index contributed by atoms with van der Waals surface area (Å²) in [6.07, 6.45) is 6.22. The summed E-state index contributed by atoms with van der Waals surface area (Å²) in [5.74, 6) is 0. The molecule has 0 aromatic carbocycles. The van der Waals surface area contributed by atoms with E-state index in [1.165, 1.54) is 10.0 Å². The Morgan fingerprint density at radius 3 is 2.67 bits per heavy atom. The van der Waals surface area contributed by atoms with Gasteiger partial charge < -0.3 is 0 Å². The molecule has 2 nitrogen and oxygen atoms in total. The summed E-state index contributed by atoms with van der Waals surface area (Å²) in [5.41, 5.74) is 1.30. The van der Waals surface area contributed by atoms with Crippen LogP contribution < -0.4 is 0 Å². The van der Waals surface area contributed by atoms with E-state index in [9.17, 15) is 8.42 Å². The second kappa shape index (κ2) is 4.86. The second-order valence-electron chi connectivity index (χ2n) is 2.45. The molecule has 4 heteroatoms. The fourth-order valence-corrected chi connectivity index (χ4v) is 2.93. The van der Waals surface area contributed by atoms with E-state index in [0.717, 1.165) is 0 Å². The first-order valence-corrected chi connectivity index (χ1v) is 8.60. The summed E-state index contributed by atoms with van der Waals surface area (Å²) in [6, 6.07) is 0. The van der Waals surface area contributed by atoms with Gasteiger partial charge in [0, 0.05) is 0 Å². The molecule has 1 rings (SSSR count). The third-order valence-electron chi connectivity index (χ3n) is 1.57. The number of hydrogen-bond donors (Lipinski definition) is 0. The van der Waals surface area contributed by atoms with Crippen molar-refractivity contribution in [1.29, 1.82) is 0 Å². The van der Waals surface area contributed by atoms with Crippen molar-refractivity contribution in [3.8, 4) is 0 Å². The summed E-state index contributed by atoms with van der Waals surface area (Å²) < 4.78 is 22.2. The van der Waals surface area contributed by atoms with Gasteiger partial charge in [0.1, 0.15) is 0 Å². The van der Waals surface area contributed by atoms with E-state index in [2.05, 4.69) is 4.97 Å². The third kappa shape index (κ3) is 2.78. The molecule has 1 aliphatic carbocycles. The van der Waals surface area contributed by atoms with Gasteiger partial charge in [-0.1, -0.05) is 0 Å². The number of rotatable bonds is 2. The molecule has 66 valence electrons. The van der Waals surface area contributed by atoms with E-state index < -0.39 is 10.3 Å². The fraction of sp³-hybridized carbons (Fsp3) is 0.375. The molecule has 0 aliphatic heterocycles. The average Bonchev–Trinajstić information content (AvgIpc) is 2.06. The summed E-state index contributed by atoms with van der Waals surface area (Å²) in [6.45, 7) is 0. The maximum absolute atomic E-state index is 10.5. The molecule has 0 heterocycles. The Balaban J connectivity index is 2.75. The SMILES string of the molecule is C[Te]CC1=CCC(=S(=O)=O)C=C1. The van der Waals surface area contributed by atoms with Gasteiger partial charge in [0.05, 0.1) is 0 Å². The van der Waals surface area contributed by atoms with Crippen LogP contribution >= 0.6 is 0 Å². The number of hydrogen-bond acceptors (Lipinski definition) is 2.